The van der Waals surface area contributed by atoms with Gasteiger partial charge in [-0.1, -0.05) is 5.92 Å². The van der Waals surface area contributed by atoms with Gasteiger partial charge in [0, 0.05) is 11.6 Å². The molecule has 90 valence electrons. The number of rotatable bonds is 7. The van der Waals surface area contributed by atoms with E-state index >= 15 is 0 Å². The minimum Gasteiger partial charge on any atom is -0.451 e. The molecule has 0 bridgehead atoms. The molecule has 0 aliphatic heterocycles. The molecule has 0 saturated heterocycles. The minimum absolute atomic E-state index is 0.0260. The molecule has 0 aliphatic rings. The second kappa shape index (κ2) is 10.1. The van der Waals surface area contributed by atoms with E-state index in [1.165, 1.54) is 0 Å². The lowest BCUT2D eigenvalue weighted by Crippen LogP contribution is -2.14. The zero-order valence-electron chi connectivity index (χ0n) is 8.44. The zero-order chi connectivity index (χ0) is 12.2. The van der Waals surface area contributed by atoms with Crippen LogP contribution in [-0.2, 0) is 18.9 Å². The molecule has 0 aromatic rings. The molecular weight excluding hydrogens is 240 g/mol. The van der Waals surface area contributed by atoms with Gasteiger partial charge < -0.3 is 18.9 Å². The predicted octanol–water partition coefficient (Wildman–Crippen LogP) is 1.16. The van der Waals surface area contributed by atoms with Crippen LogP contribution in [0.4, 0.5) is 9.59 Å². The van der Waals surface area contributed by atoms with Crippen LogP contribution < -0.4 is 0 Å². The van der Waals surface area contributed by atoms with E-state index < -0.39 is 11.6 Å². The van der Waals surface area contributed by atoms with Crippen LogP contribution in [0.2, 0.25) is 0 Å². The highest BCUT2D eigenvalue weighted by Crippen LogP contribution is 1.88. The maximum absolute atomic E-state index is 10.7. The van der Waals surface area contributed by atoms with Crippen LogP contribution >= 0.6 is 11.6 Å². The van der Waals surface area contributed by atoms with Crippen molar-refractivity contribution in [1.29, 1.82) is 0 Å². The lowest BCUT2D eigenvalue weighted by molar-refractivity contribution is 0.0237. The lowest BCUT2D eigenvalue weighted by atomic mass is 10.7. The summed E-state index contributed by atoms with van der Waals surface area (Å²) < 4.78 is 18.3. The number of carbonyl (C=O) groups is 2. The van der Waals surface area contributed by atoms with Crippen molar-refractivity contribution in [3.8, 4) is 12.3 Å². The maximum atomic E-state index is 10.7. The van der Waals surface area contributed by atoms with E-state index in [4.69, 9.17) is 22.8 Å². The van der Waals surface area contributed by atoms with Crippen molar-refractivity contribution in [2.75, 3.05) is 33.0 Å². The molecule has 0 aromatic heterocycles. The van der Waals surface area contributed by atoms with Crippen LogP contribution in [0.15, 0.2) is 0 Å². The van der Waals surface area contributed by atoms with Gasteiger partial charge >= 0.3 is 11.6 Å². The Morgan fingerprint density at radius 1 is 1.06 bits per heavy atom. The first-order chi connectivity index (χ1) is 7.66. The number of hydrogen-bond donors (Lipinski definition) is 0. The zero-order valence-corrected chi connectivity index (χ0v) is 9.20. The van der Waals surface area contributed by atoms with E-state index in [-0.39, 0.29) is 33.0 Å². The molecule has 0 amide bonds. The summed E-state index contributed by atoms with van der Waals surface area (Å²) in [6, 6.07) is 0. The van der Waals surface area contributed by atoms with Gasteiger partial charge in [0.2, 0.25) is 0 Å². The summed E-state index contributed by atoms with van der Waals surface area (Å²) in [4.78, 5) is 20.8. The Kier molecular flexibility index (Phi) is 9.17. The van der Waals surface area contributed by atoms with E-state index in [0.29, 0.717) is 0 Å². The summed E-state index contributed by atoms with van der Waals surface area (Å²) in [5.74, 6) is 2.11. The van der Waals surface area contributed by atoms with E-state index in [0.717, 1.165) is 0 Å². The molecule has 0 radical (unpaired) electrons. The van der Waals surface area contributed by atoms with Crippen molar-refractivity contribution >= 4 is 23.2 Å². The van der Waals surface area contributed by atoms with E-state index in [2.05, 4.69) is 20.1 Å². The van der Waals surface area contributed by atoms with Gasteiger partial charge in [-0.05, 0) is 0 Å². The monoisotopic (exact) mass is 250 g/mol. The van der Waals surface area contributed by atoms with Crippen molar-refractivity contribution < 1.29 is 28.5 Å². The average Bonchev–Trinajstić information content (AvgIpc) is 2.24. The van der Waals surface area contributed by atoms with Crippen molar-refractivity contribution in [2.45, 2.75) is 0 Å². The maximum Gasteiger partial charge on any atom is 0.509 e. The highest BCUT2D eigenvalue weighted by atomic mass is 35.5. The lowest BCUT2D eigenvalue weighted by Gasteiger charge is -2.05. The molecule has 0 spiro atoms. The Morgan fingerprint density at radius 3 is 2.25 bits per heavy atom. The van der Waals surface area contributed by atoms with Crippen molar-refractivity contribution in [2.24, 2.45) is 0 Å². The van der Waals surface area contributed by atoms with Crippen LogP contribution in [0.3, 0.4) is 0 Å². The van der Waals surface area contributed by atoms with Crippen LogP contribution in [0.5, 0.6) is 0 Å². The summed E-state index contributed by atoms with van der Waals surface area (Å²) in [5.41, 5.74) is -0.891. The topological polar surface area (TPSA) is 71.1 Å². The third-order valence-electron chi connectivity index (χ3n) is 1.16. The largest absolute Gasteiger partial charge is 0.509 e. The summed E-state index contributed by atoms with van der Waals surface area (Å²) in [6.45, 7) is 0.264. The highest BCUT2D eigenvalue weighted by molar-refractivity contribution is 6.61. The molecule has 0 rings (SSSR count). The Balaban J connectivity index is 3.18. The smallest absolute Gasteiger partial charge is 0.451 e. The first kappa shape index (κ1) is 14.6. The molecule has 0 fully saturated rings. The van der Waals surface area contributed by atoms with Crippen molar-refractivity contribution in [3.05, 3.63) is 0 Å². The number of halogens is 1. The van der Waals surface area contributed by atoms with Crippen LogP contribution in [0.25, 0.3) is 0 Å². The summed E-state index contributed by atoms with van der Waals surface area (Å²) >= 11 is 4.89. The quantitative estimate of drug-likeness (QED) is 0.292. The van der Waals surface area contributed by atoms with Gasteiger partial charge in [-0.15, -0.1) is 6.42 Å². The number of carbonyl (C=O) groups excluding carboxylic acids is 2. The molecule has 0 atom stereocenters. The second-order valence-electron chi connectivity index (χ2n) is 2.29. The molecule has 16 heavy (non-hydrogen) atoms. The van der Waals surface area contributed by atoms with E-state index in [9.17, 15) is 9.59 Å². The van der Waals surface area contributed by atoms with E-state index in [1.807, 2.05) is 0 Å². The molecule has 0 unspecified atom stereocenters. The molecule has 0 aliphatic carbocycles. The van der Waals surface area contributed by atoms with Crippen LogP contribution in [0.1, 0.15) is 0 Å². The standard InChI is InChI=1S/C9H11ClO6/c1-2-3-15-9(12)16-7-5-13-4-6-14-8(10)11/h1H,3-7H2. The molecule has 0 heterocycles. The first-order valence-corrected chi connectivity index (χ1v) is 4.67. The Labute approximate surface area is 97.7 Å². The number of hydrogen-bond acceptors (Lipinski definition) is 6. The Bertz CT molecular complexity index is 259. The molecular formula is C9H11ClO6. The summed E-state index contributed by atoms with van der Waals surface area (Å²) in [6.07, 6.45) is 4.00. The molecule has 0 N–H and O–H groups in total. The number of terminal acetylenes is 1. The third-order valence-corrected chi connectivity index (χ3v) is 1.27. The van der Waals surface area contributed by atoms with Gasteiger partial charge in [-0.25, -0.2) is 9.59 Å². The van der Waals surface area contributed by atoms with Crippen LogP contribution in [-0.4, -0.2) is 44.6 Å². The fourth-order valence-electron chi connectivity index (χ4n) is 0.609. The van der Waals surface area contributed by atoms with Gasteiger partial charge in [-0.2, -0.15) is 0 Å². The Hall–Kier alpha value is -1.45. The number of ether oxygens (including phenoxy) is 4. The van der Waals surface area contributed by atoms with Gasteiger partial charge in [0.15, 0.2) is 6.61 Å². The normalized spacial score (nSPS) is 9.00. The third kappa shape index (κ3) is 10.6. The van der Waals surface area contributed by atoms with E-state index in [1.54, 1.807) is 0 Å². The fraction of sp³-hybridized carbons (Fsp3) is 0.556. The van der Waals surface area contributed by atoms with Gasteiger partial charge in [0.05, 0.1) is 13.2 Å². The summed E-state index contributed by atoms with van der Waals surface area (Å²) in [5, 5.41) is 0. The summed E-state index contributed by atoms with van der Waals surface area (Å²) in [7, 11) is 0. The fourth-order valence-corrected chi connectivity index (χ4v) is 0.686. The molecule has 0 aromatic carbocycles. The second-order valence-corrected chi connectivity index (χ2v) is 2.60. The predicted molar refractivity (Wildman–Crippen MR) is 54.2 cm³/mol. The highest BCUT2D eigenvalue weighted by Gasteiger charge is 2.01. The van der Waals surface area contributed by atoms with Gasteiger partial charge in [-0.3, -0.25) is 0 Å². The van der Waals surface area contributed by atoms with Crippen molar-refractivity contribution in [1.82, 2.24) is 0 Å². The minimum atomic E-state index is -0.891. The van der Waals surface area contributed by atoms with Crippen LogP contribution in [0, 0.1) is 12.3 Å². The molecule has 6 nitrogen and oxygen atoms in total. The SMILES string of the molecule is C#CCOC(=O)OCCOCCOC(=O)Cl. The van der Waals surface area contributed by atoms with Gasteiger partial charge in [0.25, 0.3) is 0 Å². The first-order valence-electron chi connectivity index (χ1n) is 4.30. The molecule has 0 saturated carbocycles. The molecule has 7 heteroatoms. The Morgan fingerprint density at radius 2 is 1.69 bits per heavy atom. The van der Waals surface area contributed by atoms with Gasteiger partial charge in [0.1, 0.15) is 13.2 Å². The van der Waals surface area contributed by atoms with Crippen molar-refractivity contribution in [3.63, 3.8) is 0 Å². The average molecular weight is 251 g/mol.